The number of benzene rings is 1. The first-order valence-electron chi connectivity index (χ1n) is 5.32. The van der Waals surface area contributed by atoms with Crippen LogP contribution in [0.15, 0.2) is 24.3 Å². The fourth-order valence-corrected chi connectivity index (χ4v) is 1.71. The van der Waals surface area contributed by atoms with Crippen LogP contribution in [0.25, 0.3) is 0 Å². The molecule has 1 aliphatic heterocycles. The van der Waals surface area contributed by atoms with E-state index in [4.69, 9.17) is 5.26 Å². The van der Waals surface area contributed by atoms with E-state index >= 15 is 0 Å². The van der Waals surface area contributed by atoms with Gasteiger partial charge in [0, 0.05) is 19.5 Å². The van der Waals surface area contributed by atoms with Crippen LogP contribution in [0.1, 0.15) is 17.5 Å². The summed E-state index contributed by atoms with van der Waals surface area (Å²) >= 11 is 0. The zero-order chi connectivity index (χ0) is 11.4. The summed E-state index contributed by atoms with van der Waals surface area (Å²) in [5.74, 6) is 0.161. The van der Waals surface area contributed by atoms with Gasteiger partial charge in [0.25, 0.3) is 0 Å². The van der Waals surface area contributed by atoms with E-state index in [0.29, 0.717) is 18.5 Å². The van der Waals surface area contributed by atoms with Gasteiger partial charge >= 0.3 is 0 Å². The molecule has 16 heavy (non-hydrogen) atoms. The van der Waals surface area contributed by atoms with Gasteiger partial charge in [-0.1, -0.05) is 12.1 Å². The van der Waals surface area contributed by atoms with Crippen molar-refractivity contribution in [3.8, 4) is 6.07 Å². The van der Waals surface area contributed by atoms with Crippen molar-refractivity contribution in [3.63, 3.8) is 0 Å². The molecule has 1 N–H and O–H groups in total. The number of hydrazine groups is 1. The Morgan fingerprint density at radius 1 is 1.38 bits per heavy atom. The first-order chi connectivity index (χ1) is 7.79. The van der Waals surface area contributed by atoms with E-state index in [-0.39, 0.29) is 5.91 Å². The minimum atomic E-state index is 0.161. The van der Waals surface area contributed by atoms with Crippen LogP contribution in [0.3, 0.4) is 0 Å². The Labute approximate surface area is 94.4 Å². The lowest BCUT2D eigenvalue weighted by atomic mass is 10.1. The molecule has 4 heteroatoms. The van der Waals surface area contributed by atoms with Crippen LogP contribution in [-0.2, 0) is 11.2 Å². The van der Waals surface area contributed by atoms with Crippen LogP contribution in [0, 0.1) is 11.3 Å². The van der Waals surface area contributed by atoms with E-state index in [1.807, 2.05) is 12.1 Å². The van der Waals surface area contributed by atoms with Crippen molar-refractivity contribution in [1.82, 2.24) is 10.4 Å². The van der Waals surface area contributed by atoms with Crippen LogP contribution >= 0.6 is 0 Å². The highest BCUT2D eigenvalue weighted by atomic mass is 16.2. The lowest BCUT2D eigenvalue weighted by Crippen LogP contribution is -2.35. The number of hydrogen-bond donors (Lipinski definition) is 1. The van der Waals surface area contributed by atoms with Gasteiger partial charge < -0.3 is 0 Å². The molecular weight excluding hydrogens is 202 g/mol. The van der Waals surface area contributed by atoms with Crippen molar-refractivity contribution in [2.45, 2.75) is 12.8 Å². The van der Waals surface area contributed by atoms with Gasteiger partial charge in [-0.3, -0.25) is 9.80 Å². The van der Waals surface area contributed by atoms with Crippen molar-refractivity contribution in [2.24, 2.45) is 0 Å². The number of nitrogens with one attached hydrogen (secondary N) is 1. The summed E-state index contributed by atoms with van der Waals surface area (Å²) in [7, 11) is 0. The van der Waals surface area contributed by atoms with Gasteiger partial charge in [0.2, 0.25) is 5.91 Å². The third kappa shape index (κ3) is 2.38. The molecule has 4 nitrogen and oxygen atoms in total. The number of hydrogen-bond acceptors (Lipinski definition) is 3. The first kappa shape index (κ1) is 10.7. The molecule has 1 amide bonds. The molecule has 0 bridgehead atoms. The van der Waals surface area contributed by atoms with E-state index in [2.05, 4.69) is 11.5 Å². The Hall–Kier alpha value is -1.86. The van der Waals surface area contributed by atoms with Crippen molar-refractivity contribution in [2.75, 3.05) is 13.1 Å². The summed E-state index contributed by atoms with van der Waals surface area (Å²) in [5.41, 5.74) is 4.84. The summed E-state index contributed by atoms with van der Waals surface area (Å²) in [5, 5.41) is 10.3. The second kappa shape index (κ2) is 4.77. The summed E-state index contributed by atoms with van der Waals surface area (Å²) in [6, 6.07) is 9.54. The molecule has 1 aromatic carbocycles. The molecule has 0 radical (unpaired) electrons. The molecule has 1 fully saturated rings. The fraction of sp³-hybridized carbons (Fsp3) is 0.333. The lowest BCUT2D eigenvalue weighted by molar-refractivity contribution is -0.129. The Morgan fingerprint density at radius 2 is 2.12 bits per heavy atom. The van der Waals surface area contributed by atoms with Crippen LogP contribution < -0.4 is 5.43 Å². The average molecular weight is 215 g/mol. The molecule has 1 aliphatic rings. The number of amides is 1. The van der Waals surface area contributed by atoms with Crippen molar-refractivity contribution < 1.29 is 4.79 Å². The predicted octanol–water partition coefficient (Wildman–Crippen LogP) is 0.838. The zero-order valence-corrected chi connectivity index (χ0v) is 8.94. The van der Waals surface area contributed by atoms with Gasteiger partial charge in [0.1, 0.15) is 0 Å². The molecule has 0 aromatic heterocycles. The monoisotopic (exact) mass is 215 g/mol. The number of carbonyl (C=O) groups is 1. The summed E-state index contributed by atoms with van der Waals surface area (Å²) < 4.78 is 0. The first-order valence-corrected chi connectivity index (χ1v) is 5.32. The highest BCUT2D eigenvalue weighted by Crippen LogP contribution is 2.06. The molecule has 1 heterocycles. The quantitative estimate of drug-likeness (QED) is 0.812. The fourth-order valence-electron chi connectivity index (χ4n) is 1.71. The molecule has 1 aromatic rings. The van der Waals surface area contributed by atoms with Crippen LogP contribution in [0.4, 0.5) is 0 Å². The van der Waals surface area contributed by atoms with Crippen LogP contribution in [0.5, 0.6) is 0 Å². The molecule has 1 saturated heterocycles. The molecule has 0 atom stereocenters. The second-order valence-electron chi connectivity index (χ2n) is 3.76. The maximum atomic E-state index is 11.3. The predicted molar refractivity (Wildman–Crippen MR) is 59.2 cm³/mol. The molecule has 0 spiro atoms. The van der Waals surface area contributed by atoms with E-state index in [9.17, 15) is 4.79 Å². The third-order valence-corrected chi connectivity index (χ3v) is 2.65. The maximum absolute atomic E-state index is 11.3. The Balaban J connectivity index is 1.90. The SMILES string of the molecule is N#Cc1ccc(CCN2NCCC2=O)cc1. The molecule has 2 rings (SSSR count). The Morgan fingerprint density at radius 3 is 2.69 bits per heavy atom. The highest BCUT2D eigenvalue weighted by molar-refractivity contribution is 5.77. The van der Waals surface area contributed by atoms with Gasteiger partial charge in [0.05, 0.1) is 11.6 Å². The second-order valence-corrected chi connectivity index (χ2v) is 3.76. The maximum Gasteiger partial charge on any atom is 0.238 e. The molecule has 0 aliphatic carbocycles. The molecular formula is C12H13N3O. The van der Waals surface area contributed by atoms with E-state index in [1.165, 1.54) is 0 Å². The number of carbonyl (C=O) groups excluding carboxylic acids is 1. The summed E-state index contributed by atoms with van der Waals surface area (Å²) in [6.07, 6.45) is 1.40. The highest BCUT2D eigenvalue weighted by Gasteiger charge is 2.18. The third-order valence-electron chi connectivity index (χ3n) is 2.65. The Bertz CT molecular complexity index is 419. The summed E-state index contributed by atoms with van der Waals surface area (Å²) in [4.78, 5) is 11.3. The van der Waals surface area contributed by atoms with Crippen LogP contribution in [-0.4, -0.2) is 24.0 Å². The zero-order valence-electron chi connectivity index (χ0n) is 8.94. The van der Waals surface area contributed by atoms with E-state index in [1.54, 1.807) is 17.1 Å². The molecule has 0 unspecified atom stereocenters. The Kier molecular flexibility index (Phi) is 3.18. The van der Waals surface area contributed by atoms with Gasteiger partial charge in [-0.2, -0.15) is 5.26 Å². The van der Waals surface area contributed by atoms with Gasteiger partial charge in [-0.05, 0) is 24.1 Å². The minimum Gasteiger partial charge on any atom is -0.278 e. The topological polar surface area (TPSA) is 56.1 Å². The van der Waals surface area contributed by atoms with E-state index in [0.717, 1.165) is 18.5 Å². The number of rotatable bonds is 3. The summed E-state index contributed by atoms with van der Waals surface area (Å²) in [6.45, 7) is 1.43. The molecule has 82 valence electrons. The number of nitriles is 1. The van der Waals surface area contributed by atoms with E-state index < -0.39 is 0 Å². The average Bonchev–Trinajstić information content (AvgIpc) is 2.73. The van der Waals surface area contributed by atoms with Crippen molar-refractivity contribution in [1.29, 1.82) is 5.26 Å². The largest absolute Gasteiger partial charge is 0.278 e. The van der Waals surface area contributed by atoms with Gasteiger partial charge in [0.15, 0.2) is 0 Å². The lowest BCUT2D eigenvalue weighted by Gasteiger charge is -2.15. The standard InChI is InChI=1S/C12H13N3O/c13-9-11-3-1-10(2-4-11)6-8-15-12(16)5-7-14-15/h1-4,14H,5-8H2. The normalized spacial score (nSPS) is 15.2. The smallest absolute Gasteiger partial charge is 0.238 e. The van der Waals surface area contributed by atoms with Gasteiger partial charge in [-0.15, -0.1) is 0 Å². The van der Waals surface area contributed by atoms with Gasteiger partial charge in [-0.25, -0.2) is 5.43 Å². The van der Waals surface area contributed by atoms with Crippen LogP contribution in [0.2, 0.25) is 0 Å². The van der Waals surface area contributed by atoms with Crippen molar-refractivity contribution >= 4 is 5.91 Å². The molecule has 0 saturated carbocycles. The minimum absolute atomic E-state index is 0.161. The van der Waals surface area contributed by atoms with Crippen molar-refractivity contribution in [3.05, 3.63) is 35.4 Å². The number of nitrogens with zero attached hydrogens (tertiary/aromatic N) is 2.